The average molecular weight is 340 g/mol. The van der Waals surface area contributed by atoms with E-state index < -0.39 is 0 Å². The predicted molar refractivity (Wildman–Crippen MR) is 99.5 cm³/mol. The molecule has 1 aromatic heterocycles. The maximum atomic E-state index is 6.19. The monoisotopic (exact) mass is 339 g/mol. The topological polar surface area (TPSA) is 21.1 Å². The Kier molecular flexibility index (Phi) is 4.30. The average Bonchev–Trinajstić information content (AvgIpc) is 3.23. The highest BCUT2D eigenvalue weighted by atomic mass is 35.5. The number of imidazole rings is 1. The van der Waals surface area contributed by atoms with Crippen molar-refractivity contribution in [3.63, 3.8) is 0 Å². The molecular weight excluding hydrogens is 318 g/mol. The summed E-state index contributed by atoms with van der Waals surface area (Å²) in [6.45, 7) is 5.44. The molecule has 0 saturated carbocycles. The lowest BCUT2D eigenvalue weighted by Gasteiger charge is -2.24. The Labute approximate surface area is 147 Å². The van der Waals surface area contributed by atoms with Crippen molar-refractivity contribution in [2.75, 3.05) is 13.1 Å². The van der Waals surface area contributed by atoms with E-state index >= 15 is 0 Å². The molecule has 2 heterocycles. The molecule has 0 unspecified atom stereocenters. The number of hydrogen-bond acceptors (Lipinski definition) is 2. The summed E-state index contributed by atoms with van der Waals surface area (Å²) in [6.07, 6.45) is 2.57. The minimum Gasteiger partial charge on any atom is -0.322 e. The minimum absolute atomic E-state index is 0.322. The molecule has 3 nitrogen and oxygen atoms in total. The van der Waals surface area contributed by atoms with Crippen LogP contribution in [0.25, 0.3) is 11.0 Å². The second-order valence-corrected chi connectivity index (χ2v) is 7.03. The molecule has 4 rings (SSSR count). The van der Waals surface area contributed by atoms with Gasteiger partial charge in [0, 0.05) is 11.6 Å². The van der Waals surface area contributed by atoms with Crippen LogP contribution in [0.4, 0.5) is 0 Å². The first-order valence-electron chi connectivity index (χ1n) is 8.66. The molecular formula is C20H22ClN3. The highest BCUT2D eigenvalue weighted by molar-refractivity contribution is 6.31. The summed E-state index contributed by atoms with van der Waals surface area (Å²) >= 11 is 6.19. The second-order valence-electron chi connectivity index (χ2n) is 6.59. The third kappa shape index (κ3) is 2.94. The number of rotatable bonds is 4. The molecule has 0 N–H and O–H groups in total. The second kappa shape index (κ2) is 6.58. The summed E-state index contributed by atoms with van der Waals surface area (Å²) < 4.78 is 2.35. The lowest BCUT2D eigenvalue weighted by atomic mass is 10.2. The molecule has 1 atom stereocenters. The van der Waals surface area contributed by atoms with Gasteiger partial charge in [-0.15, -0.1) is 0 Å². The van der Waals surface area contributed by atoms with Crippen LogP contribution in [0.3, 0.4) is 0 Å². The maximum Gasteiger partial charge on any atom is 0.127 e. The fourth-order valence-corrected chi connectivity index (χ4v) is 3.83. The third-order valence-electron chi connectivity index (χ3n) is 4.99. The van der Waals surface area contributed by atoms with E-state index in [2.05, 4.69) is 52.8 Å². The maximum absolute atomic E-state index is 6.19. The molecule has 0 bridgehead atoms. The van der Waals surface area contributed by atoms with Crippen molar-refractivity contribution in [1.29, 1.82) is 0 Å². The van der Waals surface area contributed by atoms with E-state index in [1.807, 2.05) is 12.1 Å². The molecule has 1 fully saturated rings. The molecule has 2 aromatic carbocycles. The summed E-state index contributed by atoms with van der Waals surface area (Å²) in [5, 5.41) is 0.743. The highest BCUT2D eigenvalue weighted by Crippen LogP contribution is 2.29. The zero-order chi connectivity index (χ0) is 16.5. The van der Waals surface area contributed by atoms with Gasteiger partial charge in [-0.2, -0.15) is 0 Å². The number of likely N-dealkylation sites (tertiary alicyclic amines) is 1. The minimum atomic E-state index is 0.322. The van der Waals surface area contributed by atoms with Gasteiger partial charge in [0.2, 0.25) is 0 Å². The standard InChI is InChI=1S/C20H22ClN3/c1-15(23-11-5-6-12-23)20-22-18-13-17(21)9-10-19(18)24(20)14-16-7-3-2-4-8-16/h2-4,7-10,13,15H,5-6,11-12,14H2,1H3/t15-/m1/s1. The molecule has 0 radical (unpaired) electrons. The Hall–Kier alpha value is -1.84. The first-order valence-corrected chi connectivity index (χ1v) is 9.04. The molecule has 0 spiro atoms. The third-order valence-corrected chi connectivity index (χ3v) is 5.22. The summed E-state index contributed by atoms with van der Waals surface area (Å²) in [5.41, 5.74) is 3.44. The normalized spacial score (nSPS) is 16.8. The van der Waals surface area contributed by atoms with E-state index in [9.17, 15) is 0 Å². The van der Waals surface area contributed by atoms with Gasteiger partial charge in [0.15, 0.2) is 0 Å². The zero-order valence-corrected chi connectivity index (χ0v) is 14.7. The van der Waals surface area contributed by atoms with Gasteiger partial charge in [0.05, 0.1) is 17.1 Å². The van der Waals surface area contributed by atoms with Crippen molar-refractivity contribution in [1.82, 2.24) is 14.5 Å². The number of halogens is 1. The number of fused-ring (bicyclic) bond motifs is 1. The van der Waals surface area contributed by atoms with Crippen LogP contribution >= 0.6 is 11.6 Å². The molecule has 24 heavy (non-hydrogen) atoms. The zero-order valence-electron chi connectivity index (χ0n) is 14.0. The quantitative estimate of drug-likeness (QED) is 0.674. The smallest absolute Gasteiger partial charge is 0.127 e. The first-order chi connectivity index (χ1) is 11.7. The van der Waals surface area contributed by atoms with Gasteiger partial charge in [-0.05, 0) is 56.6 Å². The number of nitrogens with zero attached hydrogens (tertiary/aromatic N) is 3. The van der Waals surface area contributed by atoms with Gasteiger partial charge in [-0.3, -0.25) is 4.90 Å². The van der Waals surface area contributed by atoms with Gasteiger partial charge in [0.1, 0.15) is 5.82 Å². The van der Waals surface area contributed by atoms with Crippen LogP contribution in [0.15, 0.2) is 48.5 Å². The Balaban J connectivity index is 1.80. The van der Waals surface area contributed by atoms with Crippen molar-refractivity contribution in [2.24, 2.45) is 0 Å². The van der Waals surface area contributed by atoms with Crippen molar-refractivity contribution < 1.29 is 0 Å². The van der Waals surface area contributed by atoms with E-state index in [-0.39, 0.29) is 0 Å². The van der Waals surface area contributed by atoms with Gasteiger partial charge in [-0.1, -0.05) is 41.9 Å². The van der Waals surface area contributed by atoms with Crippen molar-refractivity contribution in [3.05, 3.63) is 64.9 Å². The molecule has 3 aromatic rings. The molecule has 1 aliphatic rings. The van der Waals surface area contributed by atoms with Gasteiger partial charge >= 0.3 is 0 Å². The predicted octanol–water partition coefficient (Wildman–Crippen LogP) is 4.89. The van der Waals surface area contributed by atoms with Crippen LogP contribution < -0.4 is 0 Å². The van der Waals surface area contributed by atoms with Crippen molar-refractivity contribution >= 4 is 22.6 Å². The lowest BCUT2D eigenvalue weighted by molar-refractivity contribution is 0.249. The first kappa shape index (κ1) is 15.7. The Morgan fingerprint density at radius 1 is 1.08 bits per heavy atom. The van der Waals surface area contributed by atoms with E-state index in [4.69, 9.17) is 16.6 Å². The van der Waals surface area contributed by atoms with Crippen LogP contribution in [0, 0.1) is 0 Å². The summed E-state index contributed by atoms with van der Waals surface area (Å²) in [7, 11) is 0. The number of benzene rings is 2. The molecule has 1 aliphatic heterocycles. The Morgan fingerprint density at radius 2 is 1.83 bits per heavy atom. The fourth-order valence-electron chi connectivity index (χ4n) is 3.66. The van der Waals surface area contributed by atoms with Gasteiger partial charge in [-0.25, -0.2) is 4.98 Å². The van der Waals surface area contributed by atoms with Gasteiger partial charge < -0.3 is 4.57 Å². The molecule has 0 amide bonds. The number of hydrogen-bond donors (Lipinski definition) is 0. The van der Waals surface area contributed by atoms with Crippen LogP contribution in [-0.2, 0) is 6.54 Å². The van der Waals surface area contributed by atoms with Crippen LogP contribution in [-0.4, -0.2) is 27.5 Å². The Morgan fingerprint density at radius 3 is 2.58 bits per heavy atom. The summed E-state index contributed by atoms with van der Waals surface area (Å²) in [6, 6.07) is 16.9. The van der Waals surface area contributed by atoms with Crippen molar-refractivity contribution in [3.8, 4) is 0 Å². The molecule has 124 valence electrons. The molecule has 4 heteroatoms. The van der Waals surface area contributed by atoms with Gasteiger partial charge in [0.25, 0.3) is 0 Å². The largest absolute Gasteiger partial charge is 0.322 e. The van der Waals surface area contributed by atoms with E-state index in [1.165, 1.54) is 18.4 Å². The summed E-state index contributed by atoms with van der Waals surface area (Å²) in [5.74, 6) is 1.14. The van der Waals surface area contributed by atoms with E-state index in [1.54, 1.807) is 0 Å². The number of aromatic nitrogens is 2. The SMILES string of the molecule is C[C@H](c1nc2cc(Cl)ccc2n1Cc1ccccc1)N1CCCC1. The Bertz CT molecular complexity index is 835. The van der Waals surface area contributed by atoms with E-state index in [0.717, 1.165) is 41.5 Å². The highest BCUT2D eigenvalue weighted by Gasteiger charge is 2.24. The fraction of sp³-hybridized carbons (Fsp3) is 0.350. The van der Waals surface area contributed by atoms with E-state index in [0.29, 0.717) is 6.04 Å². The van der Waals surface area contributed by atoms with Crippen LogP contribution in [0.1, 0.15) is 37.2 Å². The van der Waals surface area contributed by atoms with Crippen molar-refractivity contribution in [2.45, 2.75) is 32.4 Å². The summed E-state index contributed by atoms with van der Waals surface area (Å²) in [4.78, 5) is 7.48. The molecule has 0 aliphatic carbocycles. The lowest BCUT2D eigenvalue weighted by Crippen LogP contribution is -2.26. The van der Waals surface area contributed by atoms with Crippen LogP contribution in [0.5, 0.6) is 0 Å². The molecule has 1 saturated heterocycles. The van der Waals surface area contributed by atoms with Crippen LogP contribution in [0.2, 0.25) is 5.02 Å².